The highest BCUT2D eigenvalue weighted by molar-refractivity contribution is 6.38. The molecule has 3 nitrogen and oxygen atoms in total. The Morgan fingerprint density at radius 2 is 1.89 bits per heavy atom. The van der Waals surface area contributed by atoms with E-state index in [2.05, 4.69) is 23.8 Å². The van der Waals surface area contributed by atoms with Crippen LogP contribution in [0, 0.1) is 0 Å². The molecule has 2 N–H and O–H groups in total. The molecule has 19 heavy (non-hydrogen) atoms. The first kappa shape index (κ1) is 14.9. The number of likely N-dealkylation sites (N-methyl/N-ethyl adjacent to an activating group) is 1. The SMILES string of the molecule is CC1CN(C)CCCN1Cc1cc(Cl)c(N)c(Cl)c1. The van der Waals surface area contributed by atoms with E-state index in [-0.39, 0.29) is 0 Å². The molecule has 0 aliphatic carbocycles. The van der Waals surface area contributed by atoms with E-state index in [0.717, 1.165) is 31.7 Å². The number of halogens is 2. The third-order valence-electron chi connectivity index (χ3n) is 3.71. The Balaban J connectivity index is 2.11. The van der Waals surface area contributed by atoms with Gasteiger partial charge in [-0.3, -0.25) is 4.90 Å². The fourth-order valence-corrected chi connectivity index (χ4v) is 3.15. The van der Waals surface area contributed by atoms with Gasteiger partial charge in [0, 0.05) is 25.7 Å². The first-order valence-electron chi connectivity index (χ1n) is 6.63. The minimum atomic E-state index is 0.468. The monoisotopic (exact) mass is 301 g/mol. The molecule has 1 aromatic carbocycles. The van der Waals surface area contributed by atoms with Crippen LogP contribution < -0.4 is 5.73 Å². The minimum absolute atomic E-state index is 0.468. The minimum Gasteiger partial charge on any atom is -0.396 e. The van der Waals surface area contributed by atoms with Crippen molar-refractivity contribution in [2.24, 2.45) is 0 Å². The van der Waals surface area contributed by atoms with E-state index in [1.807, 2.05) is 12.1 Å². The van der Waals surface area contributed by atoms with Crippen molar-refractivity contribution in [1.82, 2.24) is 9.80 Å². The van der Waals surface area contributed by atoms with E-state index >= 15 is 0 Å². The van der Waals surface area contributed by atoms with Crippen molar-refractivity contribution < 1.29 is 0 Å². The van der Waals surface area contributed by atoms with Gasteiger partial charge >= 0.3 is 0 Å². The van der Waals surface area contributed by atoms with Crippen LogP contribution in [0.5, 0.6) is 0 Å². The predicted molar refractivity (Wildman–Crippen MR) is 82.9 cm³/mol. The van der Waals surface area contributed by atoms with E-state index in [1.165, 1.54) is 6.42 Å². The van der Waals surface area contributed by atoms with Gasteiger partial charge in [-0.05, 0) is 44.6 Å². The molecular formula is C14H21Cl2N3. The van der Waals surface area contributed by atoms with Crippen molar-refractivity contribution in [3.05, 3.63) is 27.7 Å². The second kappa shape index (κ2) is 6.31. The highest BCUT2D eigenvalue weighted by Gasteiger charge is 2.20. The van der Waals surface area contributed by atoms with Gasteiger partial charge in [0.05, 0.1) is 15.7 Å². The average molecular weight is 302 g/mol. The summed E-state index contributed by atoms with van der Waals surface area (Å²) in [5, 5.41) is 1.09. The van der Waals surface area contributed by atoms with Gasteiger partial charge in [0.1, 0.15) is 0 Å². The first-order chi connectivity index (χ1) is 8.97. The second-order valence-electron chi connectivity index (χ2n) is 5.41. The zero-order valence-electron chi connectivity index (χ0n) is 11.5. The summed E-state index contributed by atoms with van der Waals surface area (Å²) in [6.45, 7) is 6.49. The number of rotatable bonds is 2. The summed E-state index contributed by atoms with van der Waals surface area (Å²) in [7, 11) is 2.18. The third kappa shape index (κ3) is 3.76. The molecule has 1 aliphatic heterocycles. The van der Waals surface area contributed by atoms with Crippen molar-refractivity contribution in [2.75, 3.05) is 32.4 Å². The number of nitrogen functional groups attached to an aromatic ring is 1. The zero-order chi connectivity index (χ0) is 14.0. The van der Waals surface area contributed by atoms with Crippen LogP contribution in [0.3, 0.4) is 0 Å². The Bertz CT molecular complexity index is 427. The van der Waals surface area contributed by atoms with Crippen LogP contribution in [-0.4, -0.2) is 42.5 Å². The lowest BCUT2D eigenvalue weighted by molar-refractivity contribution is 0.194. The lowest BCUT2D eigenvalue weighted by Crippen LogP contribution is -2.37. The van der Waals surface area contributed by atoms with Gasteiger partial charge in [0.25, 0.3) is 0 Å². The Labute approximate surface area is 125 Å². The van der Waals surface area contributed by atoms with Crippen molar-refractivity contribution in [3.8, 4) is 0 Å². The molecule has 106 valence electrons. The number of benzene rings is 1. The fourth-order valence-electron chi connectivity index (χ4n) is 2.62. The van der Waals surface area contributed by atoms with Crippen molar-refractivity contribution >= 4 is 28.9 Å². The molecule has 5 heteroatoms. The molecule has 1 fully saturated rings. The standard InChI is InChI=1S/C14H21Cl2N3/c1-10-8-18(2)4-3-5-19(10)9-11-6-12(15)14(17)13(16)7-11/h6-7,10H,3-5,8-9,17H2,1-2H3. The van der Waals surface area contributed by atoms with Crippen LogP contribution in [-0.2, 0) is 6.54 Å². The molecule has 0 bridgehead atoms. The maximum Gasteiger partial charge on any atom is 0.0693 e. The Kier molecular flexibility index (Phi) is 4.96. The summed E-state index contributed by atoms with van der Waals surface area (Å²) in [6, 6.07) is 4.37. The number of hydrogen-bond acceptors (Lipinski definition) is 3. The molecule has 0 radical (unpaired) electrons. The summed E-state index contributed by atoms with van der Waals surface area (Å²) < 4.78 is 0. The van der Waals surface area contributed by atoms with Gasteiger partial charge in [-0.2, -0.15) is 0 Å². The van der Waals surface area contributed by atoms with Gasteiger partial charge in [-0.15, -0.1) is 0 Å². The Hall–Kier alpha value is -0.480. The van der Waals surface area contributed by atoms with Crippen LogP contribution in [0.2, 0.25) is 10.0 Å². The average Bonchev–Trinajstić information content (AvgIpc) is 2.48. The predicted octanol–water partition coefficient (Wildman–Crippen LogP) is 3.10. The summed E-state index contributed by atoms with van der Waals surface area (Å²) in [4.78, 5) is 4.86. The zero-order valence-corrected chi connectivity index (χ0v) is 13.0. The number of hydrogen-bond donors (Lipinski definition) is 1. The summed E-state index contributed by atoms with van der Waals surface area (Å²) in [5.41, 5.74) is 7.36. The van der Waals surface area contributed by atoms with E-state index in [4.69, 9.17) is 28.9 Å². The van der Waals surface area contributed by atoms with Crippen LogP contribution in [0.1, 0.15) is 18.9 Å². The second-order valence-corrected chi connectivity index (χ2v) is 6.22. The summed E-state index contributed by atoms with van der Waals surface area (Å²) in [5.74, 6) is 0. The quantitative estimate of drug-likeness (QED) is 0.852. The topological polar surface area (TPSA) is 32.5 Å². The Morgan fingerprint density at radius 1 is 1.26 bits per heavy atom. The van der Waals surface area contributed by atoms with Crippen molar-refractivity contribution in [3.63, 3.8) is 0 Å². The van der Waals surface area contributed by atoms with Gasteiger partial charge in [0.2, 0.25) is 0 Å². The van der Waals surface area contributed by atoms with Crippen LogP contribution in [0.4, 0.5) is 5.69 Å². The van der Waals surface area contributed by atoms with E-state index in [0.29, 0.717) is 21.8 Å². The number of anilines is 1. The molecule has 2 rings (SSSR count). The van der Waals surface area contributed by atoms with E-state index < -0.39 is 0 Å². The smallest absolute Gasteiger partial charge is 0.0693 e. The van der Waals surface area contributed by atoms with Crippen LogP contribution in [0.25, 0.3) is 0 Å². The molecule has 1 heterocycles. The lowest BCUT2D eigenvalue weighted by Gasteiger charge is -2.28. The summed E-state index contributed by atoms with van der Waals surface area (Å²) >= 11 is 12.2. The normalized spacial score (nSPS) is 22.4. The molecule has 1 unspecified atom stereocenters. The maximum absolute atomic E-state index is 6.09. The molecule has 1 atom stereocenters. The molecule has 0 saturated carbocycles. The Morgan fingerprint density at radius 3 is 2.53 bits per heavy atom. The van der Waals surface area contributed by atoms with Gasteiger partial charge < -0.3 is 10.6 Å². The molecule has 1 saturated heterocycles. The largest absolute Gasteiger partial charge is 0.396 e. The molecular weight excluding hydrogens is 281 g/mol. The van der Waals surface area contributed by atoms with Crippen molar-refractivity contribution in [2.45, 2.75) is 25.9 Å². The first-order valence-corrected chi connectivity index (χ1v) is 7.39. The van der Waals surface area contributed by atoms with Gasteiger partial charge in [-0.1, -0.05) is 23.2 Å². The van der Waals surface area contributed by atoms with Gasteiger partial charge in [-0.25, -0.2) is 0 Å². The van der Waals surface area contributed by atoms with E-state index in [1.54, 1.807) is 0 Å². The lowest BCUT2D eigenvalue weighted by atomic mass is 10.1. The number of nitrogens with two attached hydrogens (primary N) is 1. The van der Waals surface area contributed by atoms with Crippen LogP contribution in [0.15, 0.2) is 12.1 Å². The van der Waals surface area contributed by atoms with E-state index in [9.17, 15) is 0 Å². The molecule has 1 aromatic rings. The molecule has 0 amide bonds. The number of nitrogens with zero attached hydrogens (tertiary/aromatic N) is 2. The third-order valence-corrected chi connectivity index (χ3v) is 4.33. The summed E-state index contributed by atoms with van der Waals surface area (Å²) in [6.07, 6.45) is 1.19. The molecule has 0 spiro atoms. The molecule has 0 aromatic heterocycles. The van der Waals surface area contributed by atoms with Crippen molar-refractivity contribution in [1.29, 1.82) is 0 Å². The fraction of sp³-hybridized carbons (Fsp3) is 0.571. The molecule has 1 aliphatic rings. The van der Waals surface area contributed by atoms with Crippen LogP contribution >= 0.6 is 23.2 Å². The highest BCUT2D eigenvalue weighted by atomic mass is 35.5. The maximum atomic E-state index is 6.09. The highest BCUT2D eigenvalue weighted by Crippen LogP contribution is 2.29. The van der Waals surface area contributed by atoms with Gasteiger partial charge in [0.15, 0.2) is 0 Å².